The molecule has 3 heterocycles. The minimum Gasteiger partial charge on any atom is -0.454 e. The van der Waals surface area contributed by atoms with Crippen LogP contribution in [-0.2, 0) is 19.6 Å². The molecule has 0 saturated carbocycles. The highest BCUT2D eigenvalue weighted by atomic mass is 16.4. The van der Waals surface area contributed by atoms with E-state index >= 15 is 0 Å². The summed E-state index contributed by atoms with van der Waals surface area (Å²) >= 11 is 0. The summed E-state index contributed by atoms with van der Waals surface area (Å²) < 4.78 is 8.11. The molecule has 5 rings (SSSR count). The van der Waals surface area contributed by atoms with Gasteiger partial charge in [0, 0.05) is 56.7 Å². The molecule has 0 spiro atoms. The molecular formula is C33H38N4O3. The predicted octanol–water partition coefficient (Wildman–Crippen LogP) is 5.45. The Labute approximate surface area is 236 Å². The molecule has 1 fully saturated rings. The van der Waals surface area contributed by atoms with Crippen LogP contribution < -0.4 is 0 Å². The van der Waals surface area contributed by atoms with Gasteiger partial charge < -0.3 is 18.8 Å². The van der Waals surface area contributed by atoms with E-state index in [4.69, 9.17) is 4.42 Å². The number of furan rings is 1. The zero-order chi connectivity index (χ0) is 27.9. The van der Waals surface area contributed by atoms with Gasteiger partial charge in [-0.05, 0) is 55.3 Å². The van der Waals surface area contributed by atoms with Gasteiger partial charge in [0.15, 0.2) is 5.76 Å². The topological polar surface area (TPSA) is 61.9 Å². The second-order valence-electron chi connectivity index (χ2n) is 10.5. The van der Waals surface area contributed by atoms with E-state index in [1.165, 1.54) is 5.56 Å². The van der Waals surface area contributed by atoms with Gasteiger partial charge in [-0.25, -0.2) is 0 Å². The number of rotatable bonds is 10. The Bertz CT molecular complexity index is 1400. The molecule has 1 aliphatic rings. The van der Waals surface area contributed by atoms with Crippen LogP contribution in [0.1, 0.15) is 56.8 Å². The van der Waals surface area contributed by atoms with Crippen LogP contribution in [0.5, 0.6) is 0 Å². The third-order valence-electron chi connectivity index (χ3n) is 7.46. The summed E-state index contributed by atoms with van der Waals surface area (Å²) in [7, 11) is 0. The molecule has 7 nitrogen and oxygen atoms in total. The van der Waals surface area contributed by atoms with Gasteiger partial charge in [-0.1, -0.05) is 55.0 Å². The van der Waals surface area contributed by atoms with Crippen molar-refractivity contribution >= 4 is 11.8 Å². The maximum atomic E-state index is 13.2. The summed E-state index contributed by atoms with van der Waals surface area (Å²) in [4.78, 5) is 32.5. The predicted molar refractivity (Wildman–Crippen MR) is 156 cm³/mol. The molecule has 2 aromatic heterocycles. The number of hydrogen-bond donors (Lipinski definition) is 0. The van der Waals surface area contributed by atoms with E-state index in [-0.39, 0.29) is 11.8 Å². The minimum absolute atomic E-state index is 0.0318. The Morgan fingerprint density at radius 1 is 0.850 bits per heavy atom. The lowest BCUT2D eigenvalue weighted by Crippen LogP contribution is -2.48. The summed E-state index contributed by atoms with van der Waals surface area (Å²) in [5.41, 5.74) is 4.15. The number of hydrogen-bond acceptors (Lipinski definition) is 4. The van der Waals surface area contributed by atoms with Crippen LogP contribution in [0.15, 0.2) is 89.5 Å². The van der Waals surface area contributed by atoms with Crippen LogP contribution in [-0.4, -0.2) is 63.8 Å². The average molecular weight is 539 g/mol. The number of nitrogens with zero attached hydrogens (tertiary/aromatic N) is 4. The second-order valence-corrected chi connectivity index (χ2v) is 10.5. The van der Waals surface area contributed by atoms with Crippen LogP contribution in [0.3, 0.4) is 0 Å². The molecule has 0 aliphatic carbocycles. The fraction of sp³-hybridized carbons (Fsp3) is 0.333. The summed E-state index contributed by atoms with van der Waals surface area (Å²) in [5.74, 6) is 1.07. The number of carbonyl (C=O) groups is 2. The Morgan fingerprint density at radius 3 is 2.33 bits per heavy atom. The molecule has 40 heavy (non-hydrogen) atoms. The second kappa shape index (κ2) is 12.8. The van der Waals surface area contributed by atoms with Crippen molar-refractivity contribution in [3.63, 3.8) is 0 Å². The van der Waals surface area contributed by atoms with E-state index in [0.29, 0.717) is 44.0 Å². The third kappa shape index (κ3) is 6.72. The van der Waals surface area contributed by atoms with E-state index in [1.54, 1.807) is 6.07 Å². The van der Waals surface area contributed by atoms with E-state index < -0.39 is 0 Å². The number of amides is 2. The molecule has 4 aromatic rings. The van der Waals surface area contributed by atoms with Crippen molar-refractivity contribution in [1.29, 1.82) is 0 Å². The van der Waals surface area contributed by atoms with Crippen LogP contribution in [0.4, 0.5) is 0 Å². The molecule has 1 aliphatic heterocycles. The van der Waals surface area contributed by atoms with Crippen LogP contribution >= 0.6 is 0 Å². The summed E-state index contributed by atoms with van der Waals surface area (Å²) in [6.07, 6.45) is 2.87. The standard InChI is InChI=1S/C33H38N4O3/c1-3-17-37(32(38)28-13-11-26(2)12-14-28)24-29-10-7-18-36(29)25-30-15-16-31(40-30)33(39)35-21-19-34(20-22-35)23-27-8-5-4-6-9-27/h4-16,18H,3,17,19-25H2,1-2H3. The monoisotopic (exact) mass is 538 g/mol. The van der Waals surface area contributed by atoms with E-state index in [0.717, 1.165) is 43.1 Å². The molecule has 1 saturated heterocycles. The van der Waals surface area contributed by atoms with Gasteiger partial charge in [0.2, 0.25) is 0 Å². The first-order valence-corrected chi connectivity index (χ1v) is 14.1. The van der Waals surface area contributed by atoms with Crippen molar-refractivity contribution in [3.8, 4) is 0 Å². The van der Waals surface area contributed by atoms with Gasteiger partial charge >= 0.3 is 0 Å². The first-order valence-electron chi connectivity index (χ1n) is 14.1. The first-order chi connectivity index (χ1) is 19.5. The molecule has 208 valence electrons. The highest BCUT2D eigenvalue weighted by Gasteiger charge is 2.24. The van der Waals surface area contributed by atoms with Gasteiger partial charge in [-0.15, -0.1) is 0 Å². The fourth-order valence-electron chi connectivity index (χ4n) is 5.20. The molecule has 7 heteroatoms. The van der Waals surface area contributed by atoms with Gasteiger partial charge in [0.1, 0.15) is 5.76 Å². The Morgan fingerprint density at radius 2 is 1.60 bits per heavy atom. The Hall–Kier alpha value is -4.10. The Balaban J connectivity index is 1.18. The van der Waals surface area contributed by atoms with Crippen LogP contribution in [0, 0.1) is 6.92 Å². The quantitative estimate of drug-likeness (QED) is 0.270. The van der Waals surface area contributed by atoms with E-state index in [9.17, 15) is 9.59 Å². The van der Waals surface area contributed by atoms with E-state index in [2.05, 4.69) is 40.7 Å². The molecule has 0 unspecified atom stereocenters. The van der Waals surface area contributed by atoms with Gasteiger partial charge in [-0.3, -0.25) is 14.5 Å². The van der Waals surface area contributed by atoms with Crippen LogP contribution in [0.25, 0.3) is 0 Å². The van der Waals surface area contributed by atoms with Crippen molar-refractivity contribution in [1.82, 2.24) is 19.3 Å². The molecule has 0 radical (unpaired) electrons. The van der Waals surface area contributed by atoms with Crippen molar-refractivity contribution in [3.05, 3.63) is 119 Å². The fourth-order valence-corrected chi connectivity index (χ4v) is 5.20. The average Bonchev–Trinajstić information content (AvgIpc) is 3.63. The minimum atomic E-state index is -0.0591. The summed E-state index contributed by atoms with van der Waals surface area (Å²) in [6, 6.07) is 25.8. The van der Waals surface area contributed by atoms with Crippen molar-refractivity contribution in [2.24, 2.45) is 0 Å². The molecule has 0 bridgehead atoms. The number of aryl methyl sites for hydroxylation is 1. The molecule has 2 amide bonds. The highest BCUT2D eigenvalue weighted by molar-refractivity contribution is 5.94. The molecule has 0 atom stereocenters. The smallest absolute Gasteiger partial charge is 0.289 e. The van der Waals surface area contributed by atoms with Gasteiger partial charge in [-0.2, -0.15) is 0 Å². The largest absolute Gasteiger partial charge is 0.454 e. The number of piperazine rings is 1. The van der Waals surface area contributed by atoms with Crippen LogP contribution in [0.2, 0.25) is 0 Å². The third-order valence-corrected chi connectivity index (χ3v) is 7.46. The number of benzene rings is 2. The zero-order valence-electron chi connectivity index (χ0n) is 23.5. The van der Waals surface area contributed by atoms with Crippen molar-refractivity contribution in [2.45, 2.75) is 39.9 Å². The number of aromatic nitrogens is 1. The highest BCUT2D eigenvalue weighted by Crippen LogP contribution is 2.18. The number of carbonyl (C=O) groups excluding carboxylic acids is 2. The van der Waals surface area contributed by atoms with E-state index in [1.807, 2.05) is 71.5 Å². The maximum absolute atomic E-state index is 13.2. The van der Waals surface area contributed by atoms with Crippen molar-refractivity contribution < 1.29 is 14.0 Å². The zero-order valence-corrected chi connectivity index (χ0v) is 23.5. The molecule has 0 N–H and O–H groups in total. The lowest BCUT2D eigenvalue weighted by molar-refractivity contribution is 0.0595. The van der Waals surface area contributed by atoms with Gasteiger partial charge in [0.25, 0.3) is 11.8 Å². The summed E-state index contributed by atoms with van der Waals surface area (Å²) in [6.45, 7) is 9.75. The van der Waals surface area contributed by atoms with Gasteiger partial charge in [0.05, 0.1) is 13.1 Å². The molecular weight excluding hydrogens is 500 g/mol. The first kappa shape index (κ1) is 27.5. The summed E-state index contributed by atoms with van der Waals surface area (Å²) in [5, 5.41) is 0. The normalized spacial score (nSPS) is 13.9. The SMILES string of the molecule is CCCN(Cc1cccn1Cc1ccc(C(=O)N2CCN(Cc3ccccc3)CC2)o1)C(=O)c1ccc(C)cc1. The lowest BCUT2D eigenvalue weighted by atomic mass is 10.1. The molecule has 2 aromatic carbocycles. The maximum Gasteiger partial charge on any atom is 0.289 e. The van der Waals surface area contributed by atoms with Crippen molar-refractivity contribution in [2.75, 3.05) is 32.7 Å². The Kier molecular flexibility index (Phi) is 8.81. The lowest BCUT2D eigenvalue weighted by Gasteiger charge is -2.34.